The minimum atomic E-state index is -0.754. The van der Waals surface area contributed by atoms with E-state index in [0.717, 1.165) is 38.5 Å². The van der Waals surface area contributed by atoms with Crippen LogP contribution in [0.4, 0.5) is 4.79 Å². The van der Waals surface area contributed by atoms with Gasteiger partial charge in [0.15, 0.2) is 0 Å². The van der Waals surface area contributed by atoms with Gasteiger partial charge in [0.25, 0.3) is 0 Å². The van der Waals surface area contributed by atoms with E-state index in [-0.39, 0.29) is 24.0 Å². The molecule has 21 heavy (non-hydrogen) atoms. The lowest BCUT2D eigenvalue weighted by atomic mass is 9.84. The number of carbonyl (C=O) groups is 2. The quantitative estimate of drug-likeness (QED) is 0.742. The summed E-state index contributed by atoms with van der Waals surface area (Å²) in [6.45, 7) is 0. The van der Waals surface area contributed by atoms with Crippen LogP contribution in [0.5, 0.6) is 0 Å². The van der Waals surface area contributed by atoms with E-state index in [1.165, 1.54) is 0 Å². The zero-order chi connectivity index (χ0) is 15.0. The standard InChI is InChI=1S/C15H24N2O3S/c1-21-11-4-2-3-10(11)16-15(20)17-13-9-6-5-8(7-9)12(13)14(18)19/h8-13H,2-7H2,1H3,(H,18,19)(H2,16,17,20). The van der Waals surface area contributed by atoms with Gasteiger partial charge in [-0.05, 0) is 50.2 Å². The van der Waals surface area contributed by atoms with Gasteiger partial charge < -0.3 is 15.7 Å². The number of nitrogens with one attached hydrogen (secondary N) is 2. The van der Waals surface area contributed by atoms with Crippen molar-refractivity contribution in [2.24, 2.45) is 17.8 Å². The lowest BCUT2D eigenvalue weighted by Gasteiger charge is -2.30. The fraction of sp³-hybridized carbons (Fsp3) is 0.867. The SMILES string of the molecule is CSC1CCCC1NC(=O)NC1C2CCC(C2)C1C(=O)O. The van der Waals surface area contributed by atoms with E-state index >= 15 is 0 Å². The second-order valence-corrected chi connectivity index (χ2v) is 7.73. The average molecular weight is 312 g/mol. The van der Waals surface area contributed by atoms with Crippen LogP contribution in [0.3, 0.4) is 0 Å². The molecule has 0 radical (unpaired) electrons. The van der Waals surface area contributed by atoms with E-state index in [2.05, 4.69) is 16.9 Å². The summed E-state index contributed by atoms with van der Waals surface area (Å²) in [5.41, 5.74) is 0. The number of rotatable bonds is 4. The average Bonchev–Trinajstić information content (AvgIpc) is 3.13. The number of hydrogen-bond donors (Lipinski definition) is 3. The Bertz CT molecular complexity index is 431. The molecule has 0 heterocycles. The number of fused-ring (bicyclic) bond motifs is 2. The largest absolute Gasteiger partial charge is 0.481 e. The molecule has 0 aromatic heterocycles. The van der Waals surface area contributed by atoms with Gasteiger partial charge in [0.1, 0.15) is 0 Å². The number of urea groups is 1. The molecule has 6 atom stereocenters. The molecule has 0 saturated heterocycles. The van der Waals surface area contributed by atoms with Gasteiger partial charge >= 0.3 is 12.0 Å². The highest BCUT2D eigenvalue weighted by Crippen LogP contribution is 2.48. The van der Waals surface area contributed by atoms with E-state index < -0.39 is 11.9 Å². The summed E-state index contributed by atoms with van der Waals surface area (Å²) in [6, 6.07) is -0.137. The fourth-order valence-corrected chi connectivity index (χ4v) is 5.52. The molecule has 6 heteroatoms. The van der Waals surface area contributed by atoms with Gasteiger partial charge in [-0.2, -0.15) is 11.8 Å². The number of thioether (sulfide) groups is 1. The van der Waals surface area contributed by atoms with Gasteiger partial charge in [-0.3, -0.25) is 4.79 Å². The number of carboxylic acid groups (broad SMARTS) is 1. The first-order valence-electron chi connectivity index (χ1n) is 7.92. The molecule has 3 N–H and O–H groups in total. The molecule has 3 fully saturated rings. The normalized spacial score (nSPS) is 41.2. The summed E-state index contributed by atoms with van der Waals surface area (Å²) < 4.78 is 0. The van der Waals surface area contributed by atoms with Crippen molar-refractivity contribution in [3.8, 4) is 0 Å². The Hall–Kier alpha value is -0.910. The zero-order valence-corrected chi connectivity index (χ0v) is 13.2. The summed E-state index contributed by atoms with van der Waals surface area (Å²) in [6.07, 6.45) is 8.42. The van der Waals surface area contributed by atoms with Crippen LogP contribution in [0.15, 0.2) is 0 Å². The van der Waals surface area contributed by atoms with Gasteiger partial charge in [0.2, 0.25) is 0 Å². The van der Waals surface area contributed by atoms with Crippen molar-refractivity contribution in [3.05, 3.63) is 0 Å². The van der Waals surface area contributed by atoms with E-state index in [0.29, 0.717) is 11.2 Å². The Balaban J connectivity index is 1.58. The Morgan fingerprint density at radius 3 is 2.57 bits per heavy atom. The van der Waals surface area contributed by atoms with Crippen molar-refractivity contribution in [3.63, 3.8) is 0 Å². The van der Waals surface area contributed by atoms with Crippen LogP contribution in [-0.2, 0) is 4.79 Å². The molecule has 3 aliphatic rings. The smallest absolute Gasteiger partial charge is 0.315 e. The number of carboxylic acids is 1. The van der Waals surface area contributed by atoms with E-state index in [1.807, 2.05) is 0 Å². The van der Waals surface area contributed by atoms with Gasteiger partial charge in [-0.25, -0.2) is 4.79 Å². The summed E-state index contributed by atoms with van der Waals surface area (Å²) in [7, 11) is 0. The third-order valence-corrected chi connectivity index (χ3v) is 6.74. The molecule has 6 unspecified atom stereocenters. The van der Waals surface area contributed by atoms with Crippen LogP contribution < -0.4 is 10.6 Å². The molecule has 2 amide bonds. The summed E-state index contributed by atoms with van der Waals surface area (Å²) in [4.78, 5) is 23.7. The monoisotopic (exact) mass is 312 g/mol. The maximum atomic E-state index is 12.2. The topological polar surface area (TPSA) is 78.4 Å². The Morgan fingerprint density at radius 1 is 1.10 bits per heavy atom. The minimum Gasteiger partial charge on any atom is -0.481 e. The molecule has 0 spiro atoms. The van der Waals surface area contributed by atoms with Crippen molar-refractivity contribution >= 4 is 23.8 Å². The molecule has 0 aliphatic heterocycles. The molecule has 5 nitrogen and oxygen atoms in total. The predicted molar refractivity (Wildman–Crippen MR) is 82.4 cm³/mol. The van der Waals surface area contributed by atoms with E-state index in [4.69, 9.17) is 0 Å². The minimum absolute atomic E-state index is 0.176. The van der Waals surface area contributed by atoms with Gasteiger partial charge in [-0.15, -0.1) is 0 Å². The number of carbonyl (C=O) groups excluding carboxylic acids is 1. The molecule has 3 rings (SSSR count). The first kappa shape index (κ1) is 15.0. The molecule has 0 aromatic carbocycles. The maximum Gasteiger partial charge on any atom is 0.315 e. The first-order chi connectivity index (χ1) is 10.1. The third kappa shape index (κ3) is 2.87. The number of amides is 2. The number of hydrogen-bond acceptors (Lipinski definition) is 3. The van der Waals surface area contributed by atoms with Crippen LogP contribution >= 0.6 is 11.8 Å². The lowest BCUT2D eigenvalue weighted by Crippen LogP contribution is -2.53. The van der Waals surface area contributed by atoms with Gasteiger partial charge in [-0.1, -0.05) is 6.42 Å². The molecule has 3 aliphatic carbocycles. The lowest BCUT2D eigenvalue weighted by molar-refractivity contribution is -0.144. The molecule has 2 bridgehead atoms. The van der Waals surface area contributed by atoms with Gasteiger partial charge in [0.05, 0.1) is 5.92 Å². The molecule has 3 saturated carbocycles. The van der Waals surface area contributed by atoms with E-state index in [9.17, 15) is 14.7 Å². The zero-order valence-electron chi connectivity index (χ0n) is 12.4. The molecular weight excluding hydrogens is 288 g/mol. The van der Waals surface area contributed by atoms with Crippen LogP contribution in [-0.4, -0.2) is 40.7 Å². The third-order valence-electron chi connectivity index (χ3n) is 5.57. The Labute approximate surface area is 129 Å². The van der Waals surface area contributed by atoms with Crippen LogP contribution in [0.25, 0.3) is 0 Å². The van der Waals surface area contributed by atoms with Crippen molar-refractivity contribution in [1.82, 2.24) is 10.6 Å². The van der Waals surface area contributed by atoms with Crippen molar-refractivity contribution in [2.75, 3.05) is 6.26 Å². The second kappa shape index (κ2) is 6.07. The second-order valence-electron chi connectivity index (χ2n) is 6.65. The van der Waals surface area contributed by atoms with Crippen molar-refractivity contribution < 1.29 is 14.7 Å². The molecule has 118 valence electrons. The highest BCUT2D eigenvalue weighted by molar-refractivity contribution is 7.99. The van der Waals surface area contributed by atoms with E-state index in [1.54, 1.807) is 11.8 Å². The van der Waals surface area contributed by atoms with Crippen molar-refractivity contribution in [1.29, 1.82) is 0 Å². The van der Waals surface area contributed by atoms with Crippen molar-refractivity contribution in [2.45, 2.75) is 55.9 Å². The van der Waals surface area contributed by atoms with Gasteiger partial charge in [0, 0.05) is 17.3 Å². The van der Waals surface area contributed by atoms with Crippen LogP contribution in [0.2, 0.25) is 0 Å². The van der Waals surface area contributed by atoms with Crippen LogP contribution in [0.1, 0.15) is 38.5 Å². The Kier molecular flexibility index (Phi) is 4.33. The Morgan fingerprint density at radius 2 is 1.86 bits per heavy atom. The summed E-state index contributed by atoms with van der Waals surface area (Å²) in [5.74, 6) is -0.546. The molecular formula is C15H24N2O3S. The number of aliphatic carboxylic acids is 1. The fourth-order valence-electron chi connectivity index (χ4n) is 4.59. The summed E-state index contributed by atoms with van der Waals surface area (Å²) in [5, 5.41) is 15.9. The molecule has 0 aromatic rings. The maximum absolute atomic E-state index is 12.2. The van der Waals surface area contributed by atoms with Crippen LogP contribution in [0, 0.1) is 17.8 Å². The summed E-state index contributed by atoms with van der Waals surface area (Å²) >= 11 is 1.81. The highest BCUT2D eigenvalue weighted by Gasteiger charge is 2.51. The highest BCUT2D eigenvalue weighted by atomic mass is 32.2. The first-order valence-corrected chi connectivity index (χ1v) is 9.21. The predicted octanol–water partition coefficient (Wildman–Crippen LogP) is 2.07.